The molecule has 0 bridgehead atoms. The molecule has 0 atom stereocenters. The molecular formula is C7H10FNO2S. The molecule has 0 saturated carbocycles. The van der Waals surface area contributed by atoms with E-state index in [-0.39, 0.29) is 0 Å². The van der Waals surface area contributed by atoms with Crippen LogP contribution in [0.5, 0.6) is 0 Å². The first-order valence-corrected chi connectivity index (χ1v) is 4.36. The van der Waals surface area contributed by atoms with Crippen molar-refractivity contribution in [1.82, 2.24) is 5.32 Å². The van der Waals surface area contributed by atoms with Gasteiger partial charge in [-0.3, -0.25) is 0 Å². The molecule has 0 radical (unpaired) electrons. The van der Waals surface area contributed by atoms with Crippen LogP contribution in [0.2, 0.25) is 0 Å². The van der Waals surface area contributed by atoms with E-state index in [0.717, 1.165) is 31.5 Å². The second-order valence-corrected chi connectivity index (χ2v) is 2.81. The van der Waals surface area contributed by atoms with Crippen LogP contribution in [0.1, 0.15) is 12.8 Å². The number of nitrogens with one attached hydrogen (secondary N) is 1. The molecule has 3 nitrogen and oxygen atoms in total. The van der Waals surface area contributed by atoms with Gasteiger partial charge in [-0.05, 0) is 25.9 Å². The number of halogens is 1. The fourth-order valence-electron chi connectivity index (χ4n) is 1.11. The molecule has 1 saturated heterocycles. The van der Waals surface area contributed by atoms with Crippen molar-refractivity contribution in [3.63, 3.8) is 0 Å². The number of rotatable bonds is 2. The van der Waals surface area contributed by atoms with E-state index >= 15 is 0 Å². The molecule has 0 aliphatic carbocycles. The molecule has 5 heteroatoms. The summed E-state index contributed by atoms with van der Waals surface area (Å²) in [6.45, 7) is 1.75. The Kier molecular flexibility index (Phi) is 4.10. The zero-order valence-electron chi connectivity index (χ0n) is 6.51. The van der Waals surface area contributed by atoms with Crippen LogP contribution in [0, 0.1) is 0 Å². The van der Waals surface area contributed by atoms with Crippen LogP contribution in [-0.4, -0.2) is 19.1 Å². The second-order valence-electron chi connectivity index (χ2n) is 2.52. The minimum absolute atomic E-state index is 0.411. The Morgan fingerprint density at radius 3 is 2.83 bits per heavy atom. The van der Waals surface area contributed by atoms with Crippen LogP contribution in [0.3, 0.4) is 0 Å². The average molecular weight is 191 g/mol. The van der Waals surface area contributed by atoms with E-state index in [9.17, 15) is 8.68 Å². The van der Waals surface area contributed by atoms with Gasteiger partial charge < -0.3 is 9.50 Å². The summed E-state index contributed by atoms with van der Waals surface area (Å²) in [6.07, 6.45) is 3.05. The van der Waals surface area contributed by atoms with Crippen molar-refractivity contribution in [2.24, 2.45) is 0 Å². The van der Waals surface area contributed by atoms with Crippen LogP contribution in [0.4, 0.5) is 3.89 Å². The summed E-state index contributed by atoms with van der Waals surface area (Å²) in [4.78, 5) is 10.7. The lowest BCUT2D eigenvalue weighted by Crippen LogP contribution is -2.23. The maximum atomic E-state index is 11.4. The molecule has 1 rings (SSSR count). The topological polar surface area (TPSA) is 38.3 Å². The van der Waals surface area contributed by atoms with Crippen molar-refractivity contribution >= 4 is 18.4 Å². The summed E-state index contributed by atoms with van der Waals surface area (Å²) < 4.78 is 15.5. The normalized spacial score (nSPS) is 17.2. The Balaban J connectivity index is 2.37. The zero-order chi connectivity index (χ0) is 8.81. The van der Waals surface area contributed by atoms with Gasteiger partial charge in [0.2, 0.25) is 0 Å². The minimum atomic E-state index is -0.612. The van der Waals surface area contributed by atoms with Gasteiger partial charge in [0.15, 0.2) is 0 Å². The van der Waals surface area contributed by atoms with Gasteiger partial charge in [-0.2, -0.15) is 0 Å². The largest absolute Gasteiger partial charge is 0.357 e. The molecule has 0 unspecified atom stereocenters. The van der Waals surface area contributed by atoms with Gasteiger partial charge in [0.1, 0.15) is 0 Å². The molecule has 1 N–H and O–H groups in total. The first-order chi connectivity index (χ1) is 5.83. The van der Waals surface area contributed by atoms with E-state index < -0.39 is 18.4 Å². The Morgan fingerprint density at radius 1 is 1.58 bits per heavy atom. The van der Waals surface area contributed by atoms with E-state index in [0.29, 0.717) is 0 Å². The summed E-state index contributed by atoms with van der Waals surface area (Å²) in [7, 11) is 0. The quantitative estimate of drug-likeness (QED) is 0.528. The average Bonchev–Trinajstić information content (AvgIpc) is 2.06. The van der Waals surface area contributed by atoms with Crippen LogP contribution in [-0.2, 0) is 8.98 Å². The number of piperidine rings is 1. The molecule has 68 valence electrons. The van der Waals surface area contributed by atoms with E-state index in [4.69, 9.17) is 0 Å². The highest BCUT2D eigenvalue weighted by Crippen LogP contribution is 2.11. The molecule has 0 aromatic rings. The van der Waals surface area contributed by atoms with E-state index in [1.165, 1.54) is 6.08 Å². The predicted molar refractivity (Wildman–Crippen MR) is 45.0 cm³/mol. The van der Waals surface area contributed by atoms with Gasteiger partial charge in [-0.1, -0.05) is 5.57 Å². The number of hydrogen-bond acceptors (Lipinski definition) is 4. The van der Waals surface area contributed by atoms with Crippen LogP contribution in [0.25, 0.3) is 0 Å². The molecule has 1 heterocycles. The van der Waals surface area contributed by atoms with Crippen LogP contribution >= 0.6 is 12.4 Å². The molecule has 0 spiro atoms. The predicted octanol–water partition coefficient (Wildman–Crippen LogP) is 1.37. The van der Waals surface area contributed by atoms with Crippen LogP contribution in [0.15, 0.2) is 11.6 Å². The Bertz CT molecular complexity index is 188. The van der Waals surface area contributed by atoms with Crippen molar-refractivity contribution in [3.05, 3.63) is 11.6 Å². The molecule has 1 aliphatic rings. The lowest BCUT2D eigenvalue weighted by atomic mass is 10.1. The van der Waals surface area contributed by atoms with Gasteiger partial charge in [-0.25, -0.2) is 4.79 Å². The van der Waals surface area contributed by atoms with Crippen molar-refractivity contribution < 1.29 is 12.9 Å². The number of carbonyl (C=O) groups excluding carboxylic acids is 1. The van der Waals surface area contributed by atoms with Crippen molar-refractivity contribution in [2.75, 3.05) is 13.1 Å². The summed E-state index contributed by atoms with van der Waals surface area (Å²) in [5.41, 5.74) is 1.02. The zero-order valence-corrected chi connectivity index (χ0v) is 7.32. The number of hydrogen-bond donors (Lipinski definition) is 1. The fraction of sp³-hybridized carbons (Fsp3) is 0.571. The molecular weight excluding hydrogens is 181 g/mol. The molecule has 0 amide bonds. The minimum Gasteiger partial charge on any atom is -0.357 e. The van der Waals surface area contributed by atoms with E-state index in [2.05, 4.69) is 9.50 Å². The van der Waals surface area contributed by atoms with Crippen molar-refractivity contribution in [1.29, 1.82) is 0 Å². The third-order valence-electron chi connectivity index (χ3n) is 1.68. The molecule has 12 heavy (non-hydrogen) atoms. The maximum Gasteiger partial charge on any atom is 0.344 e. The van der Waals surface area contributed by atoms with Crippen molar-refractivity contribution in [3.8, 4) is 0 Å². The molecule has 0 aromatic heterocycles. The van der Waals surface area contributed by atoms with Gasteiger partial charge in [-0.15, -0.1) is 3.89 Å². The van der Waals surface area contributed by atoms with E-state index in [1.807, 2.05) is 0 Å². The lowest BCUT2D eigenvalue weighted by Gasteiger charge is -2.14. The van der Waals surface area contributed by atoms with Crippen LogP contribution < -0.4 is 5.32 Å². The van der Waals surface area contributed by atoms with Gasteiger partial charge >= 0.3 is 5.97 Å². The monoisotopic (exact) mass is 191 g/mol. The highest BCUT2D eigenvalue weighted by Gasteiger charge is 2.07. The summed E-state index contributed by atoms with van der Waals surface area (Å²) in [5, 5.41) is 3.15. The van der Waals surface area contributed by atoms with Crippen molar-refractivity contribution in [2.45, 2.75) is 12.8 Å². The third kappa shape index (κ3) is 3.23. The Hall–Kier alpha value is -0.550. The second kappa shape index (κ2) is 5.16. The highest BCUT2D eigenvalue weighted by molar-refractivity contribution is 7.89. The lowest BCUT2D eigenvalue weighted by molar-refractivity contribution is -0.127. The van der Waals surface area contributed by atoms with Gasteiger partial charge in [0, 0.05) is 6.08 Å². The first kappa shape index (κ1) is 9.54. The van der Waals surface area contributed by atoms with E-state index in [1.54, 1.807) is 0 Å². The maximum absolute atomic E-state index is 11.4. The fourth-order valence-corrected chi connectivity index (χ4v) is 1.22. The smallest absolute Gasteiger partial charge is 0.344 e. The molecule has 1 fully saturated rings. The molecule has 1 aliphatic heterocycles. The molecule has 0 aromatic carbocycles. The Morgan fingerprint density at radius 2 is 2.25 bits per heavy atom. The third-order valence-corrected chi connectivity index (χ3v) is 1.91. The standard InChI is InChI=1S/C7H10FNO2S/c8-12-11-7(10)5-6-1-3-9-4-2-6/h5,9H,1-4H2. The Labute approximate surface area is 74.9 Å². The summed E-state index contributed by atoms with van der Waals surface area (Å²) >= 11 is -0.411. The summed E-state index contributed by atoms with van der Waals surface area (Å²) in [5.74, 6) is -0.612. The van der Waals surface area contributed by atoms with Gasteiger partial charge in [0.25, 0.3) is 12.4 Å². The highest BCUT2D eigenvalue weighted by atomic mass is 32.2. The summed E-state index contributed by atoms with van der Waals surface area (Å²) in [6, 6.07) is 0. The SMILES string of the molecule is O=C(C=C1CCNCC1)OSF. The number of carbonyl (C=O) groups is 1. The van der Waals surface area contributed by atoms with Gasteiger partial charge in [0.05, 0.1) is 0 Å². The first-order valence-electron chi connectivity index (χ1n) is 3.72.